The molecule has 1 atom stereocenters. The summed E-state index contributed by atoms with van der Waals surface area (Å²) in [7, 11) is -0.545. The van der Waals surface area contributed by atoms with Gasteiger partial charge in [0, 0.05) is 19.8 Å². The Morgan fingerprint density at radius 1 is 1.22 bits per heavy atom. The maximum absolute atomic E-state index is 5.61. The van der Waals surface area contributed by atoms with Crippen LogP contribution in [0.2, 0.25) is 6.04 Å². The van der Waals surface area contributed by atoms with Gasteiger partial charge in [-0.1, -0.05) is 6.42 Å². The van der Waals surface area contributed by atoms with Crippen molar-refractivity contribution in [1.82, 2.24) is 0 Å². The lowest BCUT2D eigenvalue weighted by Gasteiger charge is -2.17. The Hall–Kier alpha value is 0.0169. The quantitative estimate of drug-likeness (QED) is 0.218. The fourth-order valence-corrected chi connectivity index (χ4v) is 2.57. The lowest BCUT2D eigenvalue weighted by Crippen LogP contribution is -2.23. The number of hydrogen-bond acceptors (Lipinski definition) is 5. The zero-order valence-corrected chi connectivity index (χ0v) is 13.0. The van der Waals surface area contributed by atoms with Gasteiger partial charge in [-0.3, -0.25) is 0 Å². The summed E-state index contributed by atoms with van der Waals surface area (Å²) in [5, 5.41) is 0. The summed E-state index contributed by atoms with van der Waals surface area (Å²) in [5.41, 5.74) is 0. The monoisotopic (exact) mass is 278 g/mol. The van der Waals surface area contributed by atoms with Crippen LogP contribution in [0, 0.1) is 0 Å². The zero-order chi connectivity index (χ0) is 13.1. The number of ether oxygens (including phenoxy) is 4. The van der Waals surface area contributed by atoms with Crippen LogP contribution in [0.5, 0.6) is 0 Å². The Kier molecular flexibility index (Phi) is 9.73. The van der Waals surface area contributed by atoms with E-state index in [0.29, 0.717) is 19.3 Å². The van der Waals surface area contributed by atoms with E-state index in [9.17, 15) is 0 Å². The van der Waals surface area contributed by atoms with Crippen LogP contribution in [0.3, 0.4) is 0 Å². The van der Waals surface area contributed by atoms with Gasteiger partial charge in [-0.15, -0.1) is 0 Å². The standard InChI is InChI=1S/C12H26O5Si/c1-3-14-12(15-4-2)17-18-8-6-5-7-13-9-11-10-16-11/h11-12H,3-10,18H2,1-2H3. The molecule has 18 heavy (non-hydrogen) atoms. The van der Waals surface area contributed by atoms with Gasteiger partial charge in [0.1, 0.15) is 6.10 Å². The molecule has 0 aliphatic carbocycles. The van der Waals surface area contributed by atoms with E-state index in [1.54, 1.807) is 0 Å². The predicted molar refractivity (Wildman–Crippen MR) is 71.3 cm³/mol. The summed E-state index contributed by atoms with van der Waals surface area (Å²) >= 11 is 0. The lowest BCUT2D eigenvalue weighted by molar-refractivity contribution is -0.243. The van der Waals surface area contributed by atoms with E-state index in [2.05, 4.69) is 0 Å². The second-order valence-corrected chi connectivity index (χ2v) is 5.61. The minimum absolute atomic E-state index is 0.376. The van der Waals surface area contributed by atoms with Gasteiger partial charge in [-0.05, 0) is 26.3 Å². The third kappa shape index (κ3) is 9.01. The highest BCUT2D eigenvalue weighted by Crippen LogP contribution is 2.09. The molecule has 1 saturated heterocycles. The molecule has 0 aromatic rings. The first-order chi connectivity index (χ1) is 8.86. The van der Waals surface area contributed by atoms with Crippen LogP contribution >= 0.6 is 0 Å². The van der Waals surface area contributed by atoms with Crippen molar-refractivity contribution in [3.8, 4) is 0 Å². The molecule has 108 valence electrons. The Morgan fingerprint density at radius 2 is 1.94 bits per heavy atom. The maximum atomic E-state index is 5.61. The number of hydrogen-bond donors (Lipinski definition) is 0. The first-order valence-corrected chi connectivity index (χ1v) is 8.48. The molecule has 1 aliphatic rings. The fourth-order valence-electron chi connectivity index (χ4n) is 1.46. The molecule has 1 unspecified atom stereocenters. The van der Waals surface area contributed by atoms with Crippen molar-refractivity contribution >= 4 is 9.76 Å². The highest BCUT2D eigenvalue weighted by atomic mass is 28.2. The molecule has 1 heterocycles. The molecule has 0 spiro atoms. The van der Waals surface area contributed by atoms with Gasteiger partial charge < -0.3 is 23.4 Å². The second-order valence-electron chi connectivity index (χ2n) is 4.16. The van der Waals surface area contributed by atoms with Gasteiger partial charge >= 0.3 is 0 Å². The van der Waals surface area contributed by atoms with Crippen molar-refractivity contribution in [3.63, 3.8) is 0 Å². The normalized spacial score (nSPS) is 19.2. The second kappa shape index (κ2) is 10.9. The van der Waals surface area contributed by atoms with E-state index >= 15 is 0 Å². The molecular formula is C12H26O5Si. The SMILES string of the molecule is CCOC(OCC)O[SiH2]CCCCOCC1CO1. The third-order valence-electron chi connectivity index (χ3n) is 2.50. The zero-order valence-electron chi connectivity index (χ0n) is 11.6. The third-order valence-corrected chi connectivity index (χ3v) is 3.80. The van der Waals surface area contributed by atoms with E-state index in [4.69, 9.17) is 23.4 Å². The Labute approximate surface area is 112 Å². The van der Waals surface area contributed by atoms with Gasteiger partial charge in [0.15, 0.2) is 9.76 Å². The first kappa shape index (κ1) is 16.1. The number of rotatable bonds is 13. The van der Waals surface area contributed by atoms with Crippen molar-refractivity contribution in [2.24, 2.45) is 0 Å². The van der Waals surface area contributed by atoms with Gasteiger partial charge in [-0.25, -0.2) is 0 Å². The predicted octanol–water partition coefficient (Wildman–Crippen LogP) is 1.06. The summed E-state index contributed by atoms with van der Waals surface area (Å²) in [5.74, 6) is 0. The summed E-state index contributed by atoms with van der Waals surface area (Å²) in [6.45, 7) is 7.13. The lowest BCUT2D eigenvalue weighted by atomic mass is 10.3. The topological polar surface area (TPSA) is 49.5 Å². The molecule has 0 N–H and O–H groups in total. The van der Waals surface area contributed by atoms with Gasteiger partial charge in [0.2, 0.25) is 0 Å². The molecule has 1 rings (SSSR count). The minimum atomic E-state index is -0.545. The molecule has 0 aromatic carbocycles. The van der Waals surface area contributed by atoms with Crippen LogP contribution < -0.4 is 0 Å². The average molecular weight is 278 g/mol. The van der Waals surface area contributed by atoms with Crippen LogP contribution in [-0.2, 0) is 23.4 Å². The van der Waals surface area contributed by atoms with Gasteiger partial charge in [0.25, 0.3) is 6.48 Å². The molecule has 0 radical (unpaired) electrons. The molecular weight excluding hydrogens is 252 g/mol. The Bertz CT molecular complexity index is 183. The van der Waals surface area contributed by atoms with E-state index in [0.717, 1.165) is 38.7 Å². The van der Waals surface area contributed by atoms with Crippen molar-refractivity contribution in [1.29, 1.82) is 0 Å². The number of epoxide rings is 1. The molecule has 0 amide bonds. The molecule has 0 bridgehead atoms. The molecule has 0 saturated carbocycles. The molecule has 1 aliphatic heterocycles. The van der Waals surface area contributed by atoms with Crippen LogP contribution in [0.15, 0.2) is 0 Å². The first-order valence-electron chi connectivity index (χ1n) is 6.91. The van der Waals surface area contributed by atoms with Crippen LogP contribution in [0.1, 0.15) is 26.7 Å². The van der Waals surface area contributed by atoms with E-state index < -0.39 is 16.2 Å². The fraction of sp³-hybridized carbons (Fsp3) is 1.00. The Morgan fingerprint density at radius 3 is 2.56 bits per heavy atom. The highest BCUT2D eigenvalue weighted by Gasteiger charge is 2.21. The van der Waals surface area contributed by atoms with E-state index in [-0.39, 0.29) is 0 Å². The smallest absolute Gasteiger partial charge is 0.261 e. The summed E-state index contributed by atoms with van der Waals surface area (Å²) in [4.78, 5) is 0. The molecule has 0 aromatic heterocycles. The van der Waals surface area contributed by atoms with E-state index in [1.165, 1.54) is 0 Å². The van der Waals surface area contributed by atoms with Gasteiger partial charge in [0.05, 0.1) is 13.2 Å². The average Bonchev–Trinajstić information content (AvgIpc) is 3.17. The highest BCUT2D eigenvalue weighted by molar-refractivity contribution is 6.27. The van der Waals surface area contributed by atoms with Gasteiger partial charge in [-0.2, -0.15) is 0 Å². The Balaban J connectivity index is 1.80. The van der Waals surface area contributed by atoms with E-state index in [1.807, 2.05) is 13.8 Å². The van der Waals surface area contributed by atoms with Crippen molar-refractivity contribution in [2.45, 2.75) is 45.3 Å². The minimum Gasteiger partial charge on any atom is -0.379 e. The van der Waals surface area contributed by atoms with Crippen molar-refractivity contribution in [2.75, 3.05) is 33.0 Å². The summed E-state index contributed by atoms with van der Waals surface area (Å²) in [6.07, 6.45) is 2.63. The van der Waals surface area contributed by atoms with Crippen molar-refractivity contribution < 1.29 is 23.4 Å². The van der Waals surface area contributed by atoms with Crippen LogP contribution in [0.25, 0.3) is 0 Å². The maximum Gasteiger partial charge on any atom is 0.261 e. The molecule has 1 fully saturated rings. The molecule has 5 nitrogen and oxygen atoms in total. The largest absolute Gasteiger partial charge is 0.379 e. The van der Waals surface area contributed by atoms with Crippen LogP contribution in [-0.4, -0.2) is 55.4 Å². The molecule has 6 heteroatoms. The summed E-state index contributed by atoms with van der Waals surface area (Å²) < 4.78 is 26.8. The summed E-state index contributed by atoms with van der Waals surface area (Å²) in [6, 6.07) is 1.14. The van der Waals surface area contributed by atoms with Crippen LogP contribution in [0.4, 0.5) is 0 Å². The van der Waals surface area contributed by atoms with Crippen molar-refractivity contribution in [3.05, 3.63) is 0 Å². The number of unbranched alkanes of at least 4 members (excludes halogenated alkanes) is 1.